The third-order valence-corrected chi connectivity index (χ3v) is 6.65. The first-order chi connectivity index (χ1) is 29.0. The fourth-order valence-corrected chi connectivity index (χ4v) is 3.59. The van der Waals surface area contributed by atoms with Gasteiger partial charge in [-0.1, -0.05) is 40.0 Å². The Kier molecular flexibility index (Phi) is 93.7. The second-order valence-electron chi connectivity index (χ2n) is 13.0. The van der Waals surface area contributed by atoms with E-state index in [2.05, 4.69) is 52.0 Å². The number of aromatic hydroxyl groups is 1. The maximum Gasteiger partial charge on any atom is 0.163 e. The van der Waals surface area contributed by atoms with Gasteiger partial charge in [0.1, 0.15) is 11.6 Å². The van der Waals surface area contributed by atoms with Gasteiger partial charge in [-0.3, -0.25) is 40.9 Å². The predicted molar refractivity (Wildman–Crippen MR) is 254 cm³/mol. The Morgan fingerprint density at radius 2 is 1.31 bits per heavy atom. The van der Waals surface area contributed by atoms with Crippen LogP contribution in [0.25, 0.3) is 28.7 Å². The number of nitrogens with zero attached hydrogens (tertiary/aromatic N) is 3. The van der Waals surface area contributed by atoms with E-state index in [0.29, 0.717) is 50.4 Å². The van der Waals surface area contributed by atoms with E-state index in [4.69, 9.17) is 28.7 Å². The number of carbonyl (C=O) groups excluding carboxylic acids is 4. The summed E-state index contributed by atoms with van der Waals surface area (Å²) in [4.78, 5) is 49.7. The third-order valence-electron chi connectivity index (χ3n) is 6.65. The van der Waals surface area contributed by atoms with E-state index in [1.54, 1.807) is 53.1 Å². The molecule has 373 valence electrons. The molecule has 0 aromatic carbocycles. The molecule has 1 aliphatic heterocycles. The molecule has 1 aliphatic rings. The first-order valence-corrected chi connectivity index (χ1v) is 19.5. The van der Waals surface area contributed by atoms with E-state index in [-0.39, 0.29) is 229 Å². The van der Waals surface area contributed by atoms with Gasteiger partial charge in [-0.15, -0.1) is 13.1 Å². The molecule has 2 rings (SSSR count). The van der Waals surface area contributed by atoms with Crippen LogP contribution in [0, 0.1) is 30.4 Å². The largest absolute Gasteiger partial charge is 0.676 e. The standard InChI is InChI=1S/C9H12N2O2.C9H16N2O.C8H8N2O2.C6H11N.C5H9N.C4H9NO.C3H6.C2H6O.5Y/c1-6(12)8-9(13)7(5-10)3-4-11(8)2;1-8(6-10)4-5-11(3)7-9(2)12;1-5(11)7-8(12)6(4-9)2-3-10-7;1-3-4-6(2)5-7;1-3-5(2)4-6;1-4(6)3-5-2;2*1-3-2;;;;;/h10,13H,4-5H2,1-2H3;10H,5-7H2,1-3H3;3,9,12H,4H2,1H3;7H,3,5H2,1-2H3;6H,4H2,1-2H3;5H,3H2,1-2H3;3H,1H2,2H3;1-2H3;;;;;/q5*-2;;;;;;;;. The smallest absolute Gasteiger partial charge is 0.163 e. The Labute approximate surface area is 532 Å². The number of pyridine rings is 1. The summed E-state index contributed by atoms with van der Waals surface area (Å²) in [6.07, 6.45) is 15.7. The average Bonchev–Trinajstić information content (AvgIpc) is 3.21. The number of rotatable bonds is 14. The number of aliphatic hydroxyl groups excluding tert-OH is 1. The zero-order valence-electron chi connectivity index (χ0n) is 43.1. The minimum Gasteiger partial charge on any atom is -0.676 e. The van der Waals surface area contributed by atoms with Crippen LogP contribution in [-0.4, -0.2) is 136 Å². The zero-order chi connectivity index (χ0) is 49.8. The SMILES string of the molecule is C=CC.CC(=O)C1=C(O)C(C[NH-])=[C-]CN1C.CC(=O)CN(C)C[C-]=C(C)C[NH-].CC(=O)c1nc[c-]c(C[NH-])c1O.CC[C-]=C(C)C[NH-].CNCC(C)=O.COC.C[C-]=C(C)C[NH-].[Y].[Y].[Y].[Y].[Y]. The van der Waals surface area contributed by atoms with Crippen molar-refractivity contribution < 1.29 is 198 Å². The molecule has 0 unspecified atom stereocenters. The fourth-order valence-electron chi connectivity index (χ4n) is 3.59. The maximum absolute atomic E-state index is 11.1. The van der Waals surface area contributed by atoms with Crippen molar-refractivity contribution in [2.45, 2.75) is 82.2 Å². The molecule has 8 N–H and O–H groups in total. The van der Waals surface area contributed by atoms with Gasteiger partial charge in [0.15, 0.2) is 11.6 Å². The number of aromatic nitrogens is 1. The van der Waals surface area contributed by atoms with Gasteiger partial charge in [-0.25, -0.2) is 17.7 Å². The zero-order valence-corrected chi connectivity index (χ0v) is 57.3. The van der Waals surface area contributed by atoms with E-state index >= 15 is 0 Å². The van der Waals surface area contributed by atoms with Crippen LogP contribution in [0.1, 0.15) is 91.7 Å². The molecule has 0 spiro atoms. The number of ether oxygens (including phenoxy) is 1. The Balaban J connectivity index is -0.0000000613. The average molecular weight is 1310 g/mol. The molecule has 21 heteroatoms. The molecule has 1 aromatic rings. The van der Waals surface area contributed by atoms with Gasteiger partial charge in [0.25, 0.3) is 0 Å². The number of hydrogen-bond donors (Lipinski definition) is 3. The minimum atomic E-state index is -0.309. The summed E-state index contributed by atoms with van der Waals surface area (Å²) < 4.78 is 4.25. The van der Waals surface area contributed by atoms with Crippen molar-refractivity contribution in [1.82, 2.24) is 20.1 Å². The van der Waals surface area contributed by atoms with E-state index in [0.717, 1.165) is 23.1 Å². The van der Waals surface area contributed by atoms with Crippen molar-refractivity contribution >= 4 is 23.1 Å². The van der Waals surface area contributed by atoms with Crippen molar-refractivity contribution in [1.29, 1.82) is 0 Å². The van der Waals surface area contributed by atoms with Gasteiger partial charge in [0, 0.05) is 191 Å². The second-order valence-corrected chi connectivity index (χ2v) is 13.0. The summed E-state index contributed by atoms with van der Waals surface area (Å²) in [6.45, 7) is 23.6. The van der Waals surface area contributed by atoms with Crippen LogP contribution in [0.15, 0.2) is 52.6 Å². The van der Waals surface area contributed by atoms with Crippen LogP contribution < -0.4 is 5.32 Å². The van der Waals surface area contributed by atoms with Crippen LogP contribution in [0.3, 0.4) is 0 Å². The molecule has 0 saturated carbocycles. The van der Waals surface area contributed by atoms with E-state index < -0.39 is 0 Å². The van der Waals surface area contributed by atoms with E-state index in [9.17, 15) is 29.4 Å². The van der Waals surface area contributed by atoms with Gasteiger partial charge >= 0.3 is 0 Å². The van der Waals surface area contributed by atoms with Crippen molar-refractivity contribution in [2.24, 2.45) is 0 Å². The van der Waals surface area contributed by atoms with Gasteiger partial charge in [-0.2, -0.15) is 51.6 Å². The normalized spacial score (nSPS) is 10.9. The minimum absolute atomic E-state index is 0. The topological polar surface area (TPSA) is 268 Å². The summed E-state index contributed by atoms with van der Waals surface area (Å²) in [7, 11) is 8.58. The molecule has 0 aliphatic carbocycles. The Bertz CT molecular complexity index is 1560. The fraction of sp³-hybridized carbons (Fsp3) is 0.543. The molecule has 0 amide bonds. The Hall–Kier alpha value is 0.869. The summed E-state index contributed by atoms with van der Waals surface area (Å²) in [5.74, 6) is -0.486. The molecule has 2 heterocycles. The number of allylic oxidation sites excluding steroid dienone is 4. The van der Waals surface area contributed by atoms with Crippen LogP contribution in [-0.2, 0) is 189 Å². The van der Waals surface area contributed by atoms with Gasteiger partial charge in [0.2, 0.25) is 0 Å². The molecule has 67 heavy (non-hydrogen) atoms. The molecular formula is C46H77N9O7Y5-10. The number of likely N-dealkylation sites (N-methyl/N-ethyl adjacent to an activating group) is 3. The summed E-state index contributed by atoms with van der Waals surface area (Å²) in [5, 5.41) is 21.6. The van der Waals surface area contributed by atoms with Crippen LogP contribution >= 0.6 is 0 Å². The summed E-state index contributed by atoms with van der Waals surface area (Å²) in [5.41, 5.74) is 38.6. The number of methoxy groups -OCH3 is 1. The number of hydrogen-bond acceptors (Lipinski definition) is 11. The number of Topliss-reactive ketones (excluding diaryl/α,β-unsaturated/α-hetero) is 4. The third kappa shape index (κ3) is 62.9. The number of nitrogens with one attached hydrogen (secondary N) is 6. The van der Waals surface area contributed by atoms with Crippen molar-refractivity contribution in [3.8, 4) is 5.75 Å². The first-order valence-electron chi connectivity index (χ1n) is 19.5. The molecule has 0 bridgehead atoms. The molecule has 1 aromatic heterocycles. The Morgan fingerprint density at radius 3 is 1.58 bits per heavy atom. The Morgan fingerprint density at radius 1 is 0.866 bits per heavy atom. The molecule has 0 atom stereocenters. The molecule has 16 nitrogen and oxygen atoms in total. The van der Waals surface area contributed by atoms with Crippen molar-refractivity contribution in [2.75, 3.05) is 87.7 Å². The number of carbonyl (C=O) groups is 4. The molecule has 0 fully saturated rings. The van der Waals surface area contributed by atoms with Crippen LogP contribution in [0.2, 0.25) is 0 Å². The van der Waals surface area contributed by atoms with Gasteiger partial charge in [0.05, 0.1) is 18.8 Å². The number of ketones is 4. The van der Waals surface area contributed by atoms with Gasteiger partial charge in [-0.05, 0) is 66.8 Å². The predicted octanol–water partition coefficient (Wildman–Crippen LogP) is 8.97. The van der Waals surface area contributed by atoms with E-state index in [1.807, 2.05) is 53.5 Å². The summed E-state index contributed by atoms with van der Waals surface area (Å²) in [6, 6.07) is 2.58. The summed E-state index contributed by atoms with van der Waals surface area (Å²) >= 11 is 0. The quantitative estimate of drug-likeness (QED) is 0.0898. The molecule has 5 radical (unpaired) electrons. The van der Waals surface area contributed by atoms with Crippen molar-refractivity contribution in [3.63, 3.8) is 0 Å². The van der Waals surface area contributed by atoms with Crippen molar-refractivity contribution in [3.05, 3.63) is 123 Å². The maximum atomic E-state index is 11.1. The first kappa shape index (κ1) is 93.8. The molecule has 0 saturated heterocycles. The van der Waals surface area contributed by atoms with E-state index in [1.165, 1.54) is 20.0 Å². The second kappa shape index (κ2) is 66.9. The van der Waals surface area contributed by atoms with Crippen LogP contribution in [0.4, 0.5) is 0 Å². The monoisotopic (exact) mass is 1310 g/mol. The molecular weight excluding hydrogens is 1240 g/mol. The van der Waals surface area contributed by atoms with Gasteiger partial charge < -0.3 is 77.0 Å². The number of aliphatic hydroxyl groups is 1. The van der Waals surface area contributed by atoms with Crippen LogP contribution in [0.5, 0.6) is 5.75 Å².